The summed E-state index contributed by atoms with van der Waals surface area (Å²) >= 11 is 5.67. The Balaban J connectivity index is 0.00000128. The van der Waals surface area contributed by atoms with E-state index >= 15 is 0 Å². The van der Waals surface area contributed by atoms with Crippen molar-refractivity contribution in [1.29, 1.82) is 0 Å². The lowest BCUT2D eigenvalue weighted by Gasteiger charge is -2.29. The third kappa shape index (κ3) is 3.58. The van der Waals surface area contributed by atoms with Gasteiger partial charge in [-0.1, -0.05) is 17.7 Å². The topological polar surface area (TPSA) is 24.9 Å². The van der Waals surface area contributed by atoms with Gasteiger partial charge in [0.05, 0.1) is 0 Å². The van der Waals surface area contributed by atoms with Crippen molar-refractivity contribution in [2.75, 3.05) is 13.1 Å². The molecule has 16 heavy (non-hydrogen) atoms. The van der Waals surface area contributed by atoms with E-state index in [1.54, 1.807) is 12.3 Å². The van der Waals surface area contributed by atoms with Crippen LogP contribution in [-0.2, 0) is 6.42 Å². The molecule has 1 fully saturated rings. The van der Waals surface area contributed by atoms with E-state index in [1.165, 1.54) is 0 Å². The average Bonchev–Trinajstić information content (AvgIpc) is 2.22. The van der Waals surface area contributed by atoms with Crippen molar-refractivity contribution in [2.45, 2.75) is 24.9 Å². The van der Waals surface area contributed by atoms with E-state index < -0.39 is 5.67 Å². The van der Waals surface area contributed by atoms with Crippen LogP contribution in [0, 0.1) is 0 Å². The largest absolute Gasteiger partial charge is 0.316 e. The average molecular weight is 265 g/mol. The molecule has 1 aromatic rings. The van der Waals surface area contributed by atoms with Gasteiger partial charge in [0.2, 0.25) is 0 Å². The molecule has 0 aliphatic carbocycles. The molecule has 0 saturated carbocycles. The summed E-state index contributed by atoms with van der Waals surface area (Å²) in [5.74, 6) is 0. The van der Waals surface area contributed by atoms with Crippen molar-refractivity contribution in [2.24, 2.45) is 0 Å². The minimum absolute atomic E-state index is 0. The maximum absolute atomic E-state index is 14.3. The van der Waals surface area contributed by atoms with Crippen molar-refractivity contribution in [3.8, 4) is 0 Å². The summed E-state index contributed by atoms with van der Waals surface area (Å²) in [5.41, 5.74) is -0.149. The van der Waals surface area contributed by atoms with E-state index in [2.05, 4.69) is 10.3 Å². The monoisotopic (exact) mass is 264 g/mol. The highest BCUT2D eigenvalue weighted by Crippen LogP contribution is 2.27. The molecule has 2 heterocycles. The molecule has 0 amide bonds. The second-order valence-electron chi connectivity index (χ2n) is 4.07. The Hall–Kier alpha value is -0.380. The first-order chi connectivity index (χ1) is 7.18. The Morgan fingerprint density at radius 1 is 1.38 bits per heavy atom. The van der Waals surface area contributed by atoms with E-state index in [4.69, 9.17) is 11.6 Å². The highest BCUT2D eigenvalue weighted by atomic mass is 35.5. The van der Waals surface area contributed by atoms with Crippen LogP contribution in [0.5, 0.6) is 0 Å². The molecule has 2 rings (SSSR count). The lowest BCUT2D eigenvalue weighted by Crippen LogP contribution is -2.40. The zero-order chi connectivity index (χ0) is 10.7. The minimum atomic E-state index is -1.07. The summed E-state index contributed by atoms with van der Waals surface area (Å²) in [7, 11) is 0. The Labute approximate surface area is 106 Å². The number of aromatic nitrogens is 1. The van der Waals surface area contributed by atoms with Crippen LogP contribution in [0.4, 0.5) is 4.39 Å². The molecule has 0 bridgehead atoms. The zero-order valence-corrected chi connectivity index (χ0v) is 10.5. The van der Waals surface area contributed by atoms with Gasteiger partial charge in [0, 0.05) is 12.6 Å². The van der Waals surface area contributed by atoms with Gasteiger partial charge in [-0.25, -0.2) is 9.37 Å². The van der Waals surface area contributed by atoms with Crippen LogP contribution in [0.25, 0.3) is 0 Å². The molecule has 1 saturated heterocycles. The van der Waals surface area contributed by atoms with Crippen LogP contribution in [0.15, 0.2) is 18.3 Å². The number of alkyl halides is 1. The quantitative estimate of drug-likeness (QED) is 0.832. The maximum atomic E-state index is 14.3. The Morgan fingerprint density at radius 3 is 2.62 bits per heavy atom. The number of halogens is 3. The molecule has 0 radical (unpaired) electrons. The van der Waals surface area contributed by atoms with Gasteiger partial charge in [0.1, 0.15) is 10.8 Å². The first-order valence-electron chi connectivity index (χ1n) is 5.18. The molecule has 1 aliphatic rings. The van der Waals surface area contributed by atoms with Crippen LogP contribution in [-0.4, -0.2) is 23.7 Å². The SMILES string of the molecule is Cl.FC1(Cc2ccc(Cl)nc2)CCNCC1. The summed E-state index contributed by atoms with van der Waals surface area (Å²) < 4.78 is 14.3. The van der Waals surface area contributed by atoms with Crippen LogP contribution in [0.2, 0.25) is 5.15 Å². The molecular formula is C11H15Cl2FN2. The van der Waals surface area contributed by atoms with Crippen molar-refractivity contribution < 1.29 is 4.39 Å². The van der Waals surface area contributed by atoms with Gasteiger partial charge in [-0.15, -0.1) is 12.4 Å². The number of pyridine rings is 1. The number of piperidine rings is 1. The Morgan fingerprint density at radius 2 is 2.06 bits per heavy atom. The van der Waals surface area contributed by atoms with E-state index in [0.717, 1.165) is 18.7 Å². The summed E-state index contributed by atoms with van der Waals surface area (Å²) in [5, 5.41) is 3.61. The third-order valence-electron chi connectivity index (χ3n) is 2.81. The standard InChI is InChI=1S/C11H14ClFN2.ClH/c12-10-2-1-9(8-15-10)7-11(13)3-5-14-6-4-11;/h1-2,8,14H,3-7H2;1H. The van der Waals surface area contributed by atoms with Crippen LogP contribution in [0.1, 0.15) is 18.4 Å². The predicted molar refractivity (Wildman–Crippen MR) is 66.1 cm³/mol. The van der Waals surface area contributed by atoms with E-state index in [-0.39, 0.29) is 12.4 Å². The van der Waals surface area contributed by atoms with Gasteiger partial charge in [-0.05, 0) is 37.6 Å². The van der Waals surface area contributed by atoms with Gasteiger partial charge < -0.3 is 5.32 Å². The second-order valence-corrected chi connectivity index (χ2v) is 4.45. The summed E-state index contributed by atoms with van der Waals surface area (Å²) in [6.07, 6.45) is 3.26. The van der Waals surface area contributed by atoms with Crippen molar-refractivity contribution in [1.82, 2.24) is 10.3 Å². The summed E-state index contributed by atoms with van der Waals surface area (Å²) in [6.45, 7) is 1.52. The number of nitrogens with zero attached hydrogens (tertiary/aromatic N) is 1. The lowest BCUT2D eigenvalue weighted by molar-refractivity contribution is 0.116. The fraction of sp³-hybridized carbons (Fsp3) is 0.545. The number of rotatable bonds is 2. The van der Waals surface area contributed by atoms with Crippen molar-refractivity contribution >= 4 is 24.0 Å². The predicted octanol–water partition coefficient (Wildman–Crippen LogP) is 2.79. The normalized spacial score (nSPS) is 18.9. The molecule has 2 nitrogen and oxygen atoms in total. The van der Waals surface area contributed by atoms with Crippen molar-refractivity contribution in [3.05, 3.63) is 29.0 Å². The van der Waals surface area contributed by atoms with Gasteiger partial charge in [0.15, 0.2) is 0 Å². The number of hydrogen-bond acceptors (Lipinski definition) is 2. The van der Waals surface area contributed by atoms with Gasteiger partial charge in [-0.3, -0.25) is 0 Å². The fourth-order valence-electron chi connectivity index (χ4n) is 1.93. The molecule has 90 valence electrons. The lowest BCUT2D eigenvalue weighted by atomic mass is 9.88. The highest BCUT2D eigenvalue weighted by molar-refractivity contribution is 6.29. The van der Waals surface area contributed by atoms with Crippen LogP contribution in [0.3, 0.4) is 0 Å². The molecule has 1 aliphatic heterocycles. The third-order valence-corrected chi connectivity index (χ3v) is 3.03. The first-order valence-corrected chi connectivity index (χ1v) is 5.56. The summed E-state index contributed by atoms with van der Waals surface area (Å²) in [4.78, 5) is 3.96. The molecule has 1 N–H and O–H groups in total. The Bertz CT molecular complexity index is 323. The minimum Gasteiger partial charge on any atom is -0.316 e. The van der Waals surface area contributed by atoms with Crippen LogP contribution >= 0.6 is 24.0 Å². The molecule has 0 aromatic carbocycles. The fourth-order valence-corrected chi connectivity index (χ4v) is 2.04. The zero-order valence-electron chi connectivity index (χ0n) is 8.88. The molecule has 0 atom stereocenters. The molecule has 0 spiro atoms. The molecule has 0 unspecified atom stereocenters. The molecule has 1 aromatic heterocycles. The maximum Gasteiger partial charge on any atom is 0.129 e. The Kier molecular flexibility index (Phi) is 4.96. The van der Waals surface area contributed by atoms with E-state index in [9.17, 15) is 4.39 Å². The summed E-state index contributed by atoms with van der Waals surface area (Å²) in [6, 6.07) is 3.56. The van der Waals surface area contributed by atoms with Crippen LogP contribution < -0.4 is 5.32 Å². The van der Waals surface area contributed by atoms with E-state index in [1.807, 2.05) is 6.07 Å². The van der Waals surface area contributed by atoms with Crippen molar-refractivity contribution in [3.63, 3.8) is 0 Å². The number of hydrogen-bond donors (Lipinski definition) is 1. The molecule has 5 heteroatoms. The van der Waals surface area contributed by atoms with Gasteiger partial charge >= 0.3 is 0 Å². The van der Waals surface area contributed by atoms with Gasteiger partial charge in [-0.2, -0.15) is 0 Å². The number of nitrogens with one attached hydrogen (secondary N) is 1. The second kappa shape index (κ2) is 5.80. The molecular weight excluding hydrogens is 250 g/mol. The first kappa shape index (κ1) is 13.7. The highest BCUT2D eigenvalue weighted by Gasteiger charge is 2.31. The smallest absolute Gasteiger partial charge is 0.129 e. The van der Waals surface area contributed by atoms with E-state index in [0.29, 0.717) is 24.4 Å². The van der Waals surface area contributed by atoms with Gasteiger partial charge in [0.25, 0.3) is 0 Å².